The van der Waals surface area contributed by atoms with Gasteiger partial charge in [0.1, 0.15) is 0 Å². The van der Waals surface area contributed by atoms with Gasteiger partial charge in [0.25, 0.3) is 5.56 Å². The van der Waals surface area contributed by atoms with E-state index in [-0.39, 0.29) is 23.3 Å². The molecule has 0 fully saturated rings. The Balaban J connectivity index is 1.67. The van der Waals surface area contributed by atoms with Crippen LogP contribution in [0.2, 0.25) is 0 Å². The van der Waals surface area contributed by atoms with Crippen LogP contribution in [0.4, 0.5) is 0 Å². The summed E-state index contributed by atoms with van der Waals surface area (Å²) in [4.78, 5) is 33.1. The number of nitrogens with zero attached hydrogens (tertiary/aromatic N) is 4. The van der Waals surface area contributed by atoms with Crippen LogP contribution in [-0.4, -0.2) is 32.2 Å². The highest BCUT2D eigenvalue weighted by Gasteiger charge is 2.20. The lowest BCUT2D eigenvalue weighted by Gasteiger charge is -2.27. The van der Waals surface area contributed by atoms with Crippen LogP contribution in [0, 0.1) is 11.3 Å². The lowest BCUT2D eigenvalue weighted by atomic mass is 10.2. The van der Waals surface area contributed by atoms with Gasteiger partial charge in [0.15, 0.2) is 5.16 Å². The molecule has 1 aromatic heterocycles. The van der Waals surface area contributed by atoms with Crippen LogP contribution in [0.3, 0.4) is 0 Å². The van der Waals surface area contributed by atoms with E-state index in [2.05, 4.69) is 6.07 Å². The smallest absolute Gasteiger partial charge is 0.266 e. The van der Waals surface area contributed by atoms with Gasteiger partial charge >= 0.3 is 0 Å². The first-order valence-electron chi connectivity index (χ1n) is 11.0. The summed E-state index contributed by atoms with van der Waals surface area (Å²) < 4.78 is 1.51. The van der Waals surface area contributed by atoms with Crippen LogP contribution in [0.1, 0.15) is 25.0 Å². The zero-order valence-electron chi connectivity index (χ0n) is 19.0. The molecule has 0 saturated carbocycles. The fourth-order valence-electron chi connectivity index (χ4n) is 3.67. The van der Waals surface area contributed by atoms with Crippen LogP contribution < -0.4 is 5.56 Å². The number of rotatable bonds is 7. The number of amides is 1. The monoisotopic (exact) mass is 468 g/mol. The van der Waals surface area contributed by atoms with Crippen molar-refractivity contribution in [1.82, 2.24) is 14.5 Å². The second-order valence-corrected chi connectivity index (χ2v) is 9.04. The minimum atomic E-state index is -0.213. The van der Waals surface area contributed by atoms with Crippen molar-refractivity contribution in [3.8, 4) is 11.8 Å². The molecular formula is C27H24N4O2S. The molecule has 0 saturated heterocycles. The number of hydrogen-bond acceptors (Lipinski definition) is 5. The molecule has 170 valence electrons. The number of hydrogen-bond donors (Lipinski definition) is 0. The number of carbonyl (C=O) groups is 1. The summed E-state index contributed by atoms with van der Waals surface area (Å²) in [6, 6.07) is 25.9. The van der Waals surface area contributed by atoms with E-state index in [0.717, 1.165) is 5.56 Å². The summed E-state index contributed by atoms with van der Waals surface area (Å²) >= 11 is 1.24. The van der Waals surface area contributed by atoms with Gasteiger partial charge in [0.05, 0.1) is 34.0 Å². The third-order valence-electron chi connectivity index (χ3n) is 5.46. The van der Waals surface area contributed by atoms with Gasteiger partial charge in [-0.05, 0) is 55.8 Å². The van der Waals surface area contributed by atoms with Gasteiger partial charge in [-0.2, -0.15) is 5.26 Å². The van der Waals surface area contributed by atoms with E-state index in [1.54, 1.807) is 42.5 Å². The first-order chi connectivity index (χ1) is 16.5. The Bertz CT molecular complexity index is 1410. The molecule has 0 aliphatic rings. The van der Waals surface area contributed by atoms with Crippen LogP contribution in [0.25, 0.3) is 16.6 Å². The van der Waals surface area contributed by atoms with Gasteiger partial charge in [-0.15, -0.1) is 0 Å². The topological polar surface area (TPSA) is 79.0 Å². The van der Waals surface area contributed by atoms with Crippen LogP contribution >= 0.6 is 11.8 Å². The normalized spacial score (nSPS) is 10.9. The number of thioether (sulfide) groups is 1. The highest BCUT2D eigenvalue weighted by molar-refractivity contribution is 7.99. The molecule has 0 aliphatic heterocycles. The van der Waals surface area contributed by atoms with E-state index in [9.17, 15) is 9.59 Å². The Kier molecular flexibility index (Phi) is 7.09. The maximum atomic E-state index is 13.4. The molecule has 7 heteroatoms. The number of benzene rings is 3. The molecular weight excluding hydrogens is 444 g/mol. The first kappa shape index (κ1) is 23.3. The summed E-state index contributed by atoms with van der Waals surface area (Å²) in [5.74, 6) is 0.115. The molecule has 6 nitrogen and oxygen atoms in total. The third kappa shape index (κ3) is 5.03. The van der Waals surface area contributed by atoms with E-state index in [4.69, 9.17) is 10.2 Å². The first-order valence-corrected chi connectivity index (χ1v) is 11.9. The average molecular weight is 469 g/mol. The predicted octanol–water partition coefficient (Wildman–Crippen LogP) is 4.79. The summed E-state index contributed by atoms with van der Waals surface area (Å²) in [5.41, 5.74) is 2.53. The summed E-state index contributed by atoms with van der Waals surface area (Å²) in [6.45, 7) is 4.50. The molecule has 0 unspecified atom stereocenters. The van der Waals surface area contributed by atoms with Gasteiger partial charge in [-0.1, -0.05) is 54.2 Å². The van der Waals surface area contributed by atoms with Gasteiger partial charge in [0, 0.05) is 12.6 Å². The highest BCUT2D eigenvalue weighted by Crippen LogP contribution is 2.23. The van der Waals surface area contributed by atoms with Gasteiger partial charge in [-0.25, -0.2) is 4.98 Å². The lowest BCUT2D eigenvalue weighted by molar-refractivity contribution is -0.130. The molecule has 0 radical (unpaired) electrons. The minimum Gasteiger partial charge on any atom is -0.335 e. The van der Waals surface area contributed by atoms with Crippen LogP contribution in [0.5, 0.6) is 0 Å². The Hall–Kier alpha value is -3.89. The zero-order chi connectivity index (χ0) is 24.1. The molecule has 34 heavy (non-hydrogen) atoms. The molecule has 0 bridgehead atoms. The number of para-hydroxylation sites is 1. The SMILES string of the molecule is CC(C)N(Cc1ccccc1)C(=O)CSc1nc2ccccc2c(=O)n1-c1ccc(C#N)cc1. The molecule has 0 aliphatic carbocycles. The predicted molar refractivity (Wildman–Crippen MR) is 135 cm³/mol. The molecule has 1 heterocycles. The quantitative estimate of drug-likeness (QED) is 0.288. The maximum absolute atomic E-state index is 13.4. The third-order valence-corrected chi connectivity index (χ3v) is 6.39. The van der Waals surface area contributed by atoms with E-state index in [1.165, 1.54) is 16.3 Å². The average Bonchev–Trinajstić information content (AvgIpc) is 2.86. The number of aromatic nitrogens is 2. The number of nitriles is 1. The largest absolute Gasteiger partial charge is 0.335 e. The van der Waals surface area contributed by atoms with E-state index >= 15 is 0 Å². The van der Waals surface area contributed by atoms with Crippen molar-refractivity contribution in [2.24, 2.45) is 0 Å². The number of carbonyl (C=O) groups excluding carboxylic acids is 1. The van der Waals surface area contributed by atoms with Crippen molar-refractivity contribution in [2.45, 2.75) is 31.6 Å². The van der Waals surface area contributed by atoms with Gasteiger partial charge < -0.3 is 4.90 Å². The molecule has 1 amide bonds. The van der Waals surface area contributed by atoms with Crippen molar-refractivity contribution in [3.63, 3.8) is 0 Å². The van der Waals surface area contributed by atoms with Crippen molar-refractivity contribution < 1.29 is 4.79 Å². The molecule has 0 atom stereocenters. The molecule has 3 aromatic carbocycles. The molecule has 4 rings (SSSR count). The van der Waals surface area contributed by atoms with Crippen LogP contribution in [0.15, 0.2) is 88.8 Å². The summed E-state index contributed by atoms with van der Waals surface area (Å²) in [7, 11) is 0. The van der Waals surface area contributed by atoms with Crippen molar-refractivity contribution in [2.75, 3.05) is 5.75 Å². The van der Waals surface area contributed by atoms with E-state index in [0.29, 0.717) is 33.9 Å². The molecule has 0 spiro atoms. The van der Waals surface area contributed by atoms with Crippen molar-refractivity contribution in [3.05, 3.63) is 100 Å². The Morgan fingerprint density at radius 3 is 2.38 bits per heavy atom. The van der Waals surface area contributed by atoms with Gasteiger partial charge in [-0.3, -0.25) is 14.2 Å². The number of fused-ring (bicyclic) bond motifs is 1. The van der Waals surface area contributed by atoms with Crippen LogP contribution in [-0.2, 0) is 11.3 Å². The Morgan fingerprint density at radius 1 is 1.03 bits per heavy atom. The molecule has 4 aromatic rings. The molecule has 0 N–H and O–H groups in total. The Morgan fingerprint density at radius 2 is 1.71 bits per heavy atom. The lowest BCUT2D eigenvalue weighted by Crippen LogP contribution is -2.37. The fraction of sp³-hybridized carbons (Fsp3) is 0.185. The van der Waals surface area contributed by atoms with Crippen molar-refractivity contribution >= 4 is 28.6 Å². The Labute approximate surface area is 202 Å². The van der Waals surface area contributed by atoms with E-state index < -0.39 is 0 Å². The van der Waals surface area contributed by atoms with Gasteiger partial charge in [0.2, 0.25) is 5.91 Å². The second-order valence-electron chi connectivity index (χ2n) is 8.10. The summed E-state index contributed by atoms with van der Waals surface area (Å²) in [6.07, 6.45) is 0. The summed E-state index contributed by atoms with van der Waals surface area (Å²) in [5, 5.41) is 10.1. The second kappa shape index (κ2) is 10.4. The zero-order valence-corrected chi connectivity index (χ0v) is 19.8. The highest BCUT2D eigenvalue weighted by atomic mass is 32.2. The van der Waals surface area contributed by atoms with E-state index in [1.807, 2.05) is 55.1 Å². The standard InChI is InChI=1S/C27H24N4O2S/c1-19(2)30(17-21-8-4-3-5-9-21)25(32)18-34-27-29-24-11-7-6-10-23(24)26(33)31(27)22-14-12-20(16-28)13-15-22/h3-15,19H,17-18H2,1-2H3. The van der Waals surface area contributed by atoms with Crippen molar-refractivity contribution in [1.29, 1.82) is 5.26 Å². The fourth-order valence-corrected chi connectivity index (χ4v) is 4.57. The minimum absolute atomic E-state index is 0.0265. The maximum Gasteiger partial charge on any atom is 0.266 e.